The van der Waals surface area contributed by atoms with Crippen LogP contribution in [0.15, 0.2) is 65.3 Å². The van der Waals surface area contributed by atoms with Crippen molar-refractivity contribution >= 4 is 11.6 Å². The normalized spacial score (nSPS) is 17.5. The lowest BCUT2D eigenvalue weighted by Crippen LogP contribution is -2.46. The predicted molar refractivity (Wildman–Crippen MR) is 118 cm³/mol. The van der Waals surface area contributed by atoms with Crippen LogP contribution in [0.4, 0.5) is 4.79 Å². The number of carbonyl (C=O) groups excluding carboxylic acids is 1. The fourth-order valence-corrected chi connectivity index (χ4v) is 3.90. The third-order valence-corrected chi connectivity index (χ3v) is 5.61. The number of hydrogen-bond acceptors (Lipinski definition) is 6. The van der Waals surface area contributed by atoms with Crippen LogP contribution in [-0.4, -0.2) is 34.4 Å². The van der Waals surface area contributed by atoms with Crippen molar-refractivity contribution in [2.45, 2.75) is 19.9 Å². The molecule has 0 saturated heterocycles. The van der Waals surface area contributed by atoms with E-state index < -0.39 is 6.04 Å². The molecule has 0 bridgehead atoms. The number of urea groups is 1. The Morgan fingerprint density at radius 1 is 1.16 bits per heavy atom. The van der Waals surface area contributed by atoms with E-state index >= 15 is 0 Å². The molecule has 8 heteroatoms. The van der Waals surface area contributed by atoms with Crippen molar-refractivity contribution in [2.24, 2.45) is 0 Å². The molecule has 0 saturated carbocycles. The molecule has 3 heterocycles. The van der Waals surface area contributed by atoms with E-state index in [0.717, 1.165) is 28.0 Å². The van der Waals surface area contributed by atoms with Crippen molar-refractivity contribution in [1.82, 2.24) is 20.4 Å². The summed E-state index contributed by atoms with van der Waals surface area (Å²) in [5.74, 6) is 2.10. The molecular weight excluding hydrogens is 408 g/mol. The summed E-state index contributed by atoms with van der Waals surface area (Å²) in [5, 5.41) is 7.25. The monoisotopic (exact) mass is 430 g/mol. The average molecular weight is 430 g/mol. The second kappa shape index (κ2) is 7.88. The Balaban J connectivity index is 1.58. The molecule has 2 aromatic carbocycles. The van der Waals surface area contributed by atoms with E-state index in [2.05, 4.69) is 22.0 Å². The van der Waals surface area contributed by atoms with Crippen LogP contribution in [0.3, 0.4) is 0 Å². The van der Waals surface area contributed by atoms with Crippen molar-refractivity contribution in [3.05, 3.63) is 77.8 Å². The van der Waals surface area contributed by atoms with Gasteiger partial charge >= 0.3 is 6.03 Å². The Kier molecular flexibility index (Phi) is 4.89. The molecule has 1 N–H and O–H groups in total. The largest absolute Gasteiger partial charge is 0.454 e. The number of ether oxygens (including phenoxy) is 2. The lowest BCUT2D eigenvalue weighted by molar-refractivity contribution is 0.174. The number of benzene rings is 2. The average Bonchev–Trinajstić information content (AvgIpc) is 3.46. The Bertz CT molecular complexity index is 1230. The van der Waals surface area contributed by atoms with Crippen LogP contribution in [0.25, 0.3) is 17.0 Å². The Hall–Kier alpha value is -4.07. The molecule has 0 aliphatic carbocycles. The highest BCUT2D eigenvalue weighted by Gasteiger charge is 2.35. The maximum atomic E-state index is 12.8. The zero-order valence-corrected chi connectivity index (χ0v) is 17.8. The summed E-state index contributed by atoms with van der Waals surface area (Å²) in [6.45, 7) is 8.22. The number of carbonyl (C=O) groups is 1. The van der Waals surface area contributed by atoms with E-state index in [4.69, 9.17) is 14.0 Å². The minimum atomic E-state index is -0.422. The lowest BCUT2D eigenvalue weighted by Gasteiger charge is -2.34. The van der Waals surface area contributed by atoms with Gasteiger partial charge in [-0.25, -0.2) is 4.79 Å². The first-order chi connectivity index (χ1) is 15.5. The fourth-order valence-electron chi connectivity index (χ4n) is 3.90. The van der Waals surface area contributed by atoms with Gasteiger partial charge in [0.05, 0.1) is 11.6 Å². The molecule has 1 unspecified atom stereocenters. The zero-order chi connectivity index (χ0) is 22.2. The predicted octanol–water partition coefficient (Wildman–Crippen LogP) is 4.46. The van der Waals surface area contributed by atoms with Crippen molar-refractivity contribution in [1.29, 1.82) is 0 Å². The van der Waals surface area contributed by atoms with Gasteiger partial charge in [0.25, 0.3) is 5.89 Å². The van der Waals surface area contributed by atoms with Gasteiger partial charge in [-0.05, 0) is 37.6 Å². The summed E-state index contributed by atoms with van der Waals surface area (Å²) >= 11 is 0. The van der Waals surface area contributed by atoms with E-state index in [0.29, 0.717) is 29.8 Å². The number of hydrogen-bond donors (Lipinski definition) is 1. The highest BCUT2D eigenvalue weighted by molar-refractivity contribution is 5.87. The molecule has 0 spiro atoms. The summed E-state index contributed by atoms with van der Waals surface area (Å²) < 4.78 is 16.5. The molecule has 5 rings (SSSR count). The third kappa shape index (κ3) is 3.39. The number of aryl methyl sites for hydroxylation is 1. The van der Waals surface area contributed by atoms with Crippen LogP contribution in [0.5, 0.6) is 11.5 Å². The van der Waals surface area contributed by atoms with Gasteiger partial charge in [-0.15, -0.1) is 6.58 Å². The number of fused-ring (bicyclic) bond motifs is 1. The molecule has 3 aromatic rings. The van der Waals surface area contributed by atoms with E-state index in [1.165, 1.54) is 0 Å². The topological polar surface area (TPSA) is 89.7 Å². The standard InChI is InChI=1S/C24H22N4O4/c1-4-11-28-15(3)20(21(25-24(28)29)16-7-5-14(2)6-8-16)23-26-22(27-32-23)17-9-10-18-19(12-17)31-13-30-18/h4-10,12,21H,1,11,13H2,2-3H3,(H,25,29). The van der Waals surface area contributed by atoms with Crippen LogP contribution in [0.1, 0.15) is 30.0 Å². The summed E-state index contributed by atoms with van der Waals surface area (Å²) in [6, 6.07) is 12.9. The van der Waals surface area contributed by atoms with Crippen molar-refractivity contribution in [3.8, 4) is 22.9 Å². The second-order valence-corrected chi connectivity index (χ2v) is 7.68. The van der Waals surface area contributed by atoms with Gasteiger partial charge in [-0.1, -0.05) is 41.1 Å². The van der Waals surface area contributed by atoms with Crippen molar-refractivity contribution in [3.63, 3.8) is 0 Å². The van der Waals surface area contributed by atoms with Gasteiger partial charge in [0, 0.05) is 17.8 Å². The van der Waals surface area contributed by atoms with E-state index in [1.54, 1.807) is 11.0 Å². The molecule has 0 fully saturated rings. The van der Waals surface area contributed by atoms with Crippen LogP contribution < -0.4 is 14.8 Å². The smallest absolute Gasteiger partial charge is 0.322 e. The van der Waals surface area contributed by atoms with Gasteiger partial charge in [0.1, 0.15) is 0 Å². The molecule has 8 nitrogen and oxygen atoms in total. The van der Waals surface area contributed by atoms with E-state index in [1.807, 2.05) is 56.3 Å². The lowest BCUT2D eigenvalue weighted by atomic mass is 9.94. The van der Waals surface area contributed by atoms with Crippen molar-refractivity contribution < 1.29 is 18.8 Å². The fraction of sp³-hybridized carbons (Fsp3) is 0.208. The van der Waals surface area contributed by atoms with Gasteiger partial charge in [-0.2, -0.15) is 4.98 Å². The highest BCUT2D eigenvalue weighted by atomic mass is 16.7. The SMILES string of the molecule is C=CCN1C(=O)NC(c2ccc(C)cc2)C(c2nc(-c3ccc4c(c3)OCO4)no2)=C1C. The van der Waals surface area contributed by atoms with E-state index in [9.17, 15) is 4.79 Å². The summed E-state index contributed by atoms with van der Waals surface area (Å²) in [5.41, 5.74) is 4.29. The molecule has 2 aliphatic heterocycles. The van der Waals surface area contributed by atoms with Gasteiger partial charge < -0.3 is 19.3 Å². The summed E-state index contributed by atoms with van der Waals surface area (Å²) in [4.78, 5) is 19.1. The molecule has 2 aliphatic rings. The Labute approximate surface area is 185 Å². The van der Waals surface area contributed by atoms with Crippen molar-refractivity contribution in [2.75, 3.05) is 13.3 Å². The second-order valence-electron chi connectivity index (χ2n) is 7.68. The number of nitrogens with zero attached hydrogens (tertiary/aromatic N) is 3. The Morgan fingerprint density at radius 2 is 1.94 bits per heavy atom. The molecule has 0 radical (unpaired) electrons. The number of rotatable bonds is 5. The number of amides is 2. The number of nitrogens with one attached hydrogen (secondary N) is 1. The summed E-state index contributed by atoms with van der Waals surface area (Å²) in [7, 11) is 0. The van der Waals surface area contributed by atoms with Crippen LogP contribution in [0, 0.1) is 6.92 Å². The number of allylic oxidation sites excluding steroid dienone is 1. The summed E-state index contributed by atoms with van der Waals surface area (Å²) in [6.07, 6.45) is 1.68. The van der Waals surface area contributed by atoms with E-state index in [-0.39, 0.29) is 12.8 Å². The minimum absolute atomic E-state index is 0.194. The Morgan fingerprint density at radius 3 is 2.72 bits per heavy atom. The molecule has 2 amide bonds. The highest BCUT2D eigenvalue weighted by Crippen LogP contribution is 2.39. The van der Waals surface area contributed by atoms with Gasteiger partial charge in [0.15, 0.2) is 11.5 Å². The zero-order valence-electron chi connectivity index (χ0n) is 17.8. The number of aromatic nitrogens is 2. The molecule has 162 valence electrons. The minimum Gasteiger partial charge on any atom is -0.454 e. The van der Waals surface area contributed by atoms with Crippen LogP contribution >= 0.6 is 0 Å². The van der Waals surface area contributed by atoms with Gasteiger partial charge in [-0.3, -0.25) is 4.90 Å². The molecule has 1 aromatic heterocycles. The molecule has 1 atom stereocenters. The van der Waals surface area contributed by atoms with Crippen LogP contribution in [0.2, 0.25) is 0 Å². The van der Waals surface area contributed by atoms with Crippen LogP contribution in [-0.2, 0) is 0 Å². The maximum Gasteiger partial charge on any atom is 0.322 e. The first-order valence-corrected chi connectivity index (χ1v) is 10.3. The first-order valence-electron chi connectivity index (χ1n) is 10.3. The third-order valence-electron chi connectivity index (χ3n) is 5.61. The molecule has 32 heavy (non-hydrogen) atoms. The molecular formula is C24H22N4O4. The van der Waals surface area contributed by atoms with Gasteiger partial charge in [0.2, 0.25) is 12.6 Å². The maximum absolute atomic E-state index is 12.8. The first kappa shape index (κ1) is 19.9. The quantitative estimate of drug-likeness (QED) is 0.601.